The molecule has 0 unspecified atom stereocenters. The summed E-state index contributed by atoms with van der Waals surface area (Å²) in [6.45, 7) is 2.01. The first-order valence-corrected chi connectivity index (χ1v) is 9.59. The van der Waals surface area contributed by atoms with Gasteiger partial charge in [0.2, 0.25) is 11.8 Å². The van der Waals surface area contributed by atoms with E-state index in [1.165, 1.54) is 29.2 Å². The lowest BCUT2D eigenvalue weighted by Gasteiger charge is -2.33. The van der Waals surface area contributed by atoms with Crippen LogP contribution in [0.15, 0.2) is 53.6 Å². The number of hydrogen-bond donors (Lipinski definition) is 0. The molecule has 146 valence electrons. The van der Waals surface area contributed by atoms with Crippen molar-refractivity contribution in [2.75, 3.05) is 6.54 Å². The number of hydrazone groups is 1. The predicted octanol–water partition coefficient (Wildman–Crippen LogP) is 2.40. The fourth-order valence-electron chi connectivity index (χ4n) is 4.83. The first-order chi connectivity index (χ1) is 14.0. The van der Waals surface area contributed by atoms with Gasteiger partial charge < -0.3 is 0 Å². The number of likely N-dealkylation sites (tertiary alicyclic amines) is 1. The van der Waals surface area contributed by atoms with Gasteiger partial charge in [-0.1, -0.05) is 24.3 Å². The Morgan fingerprint density at radius 1 is 1.03 bits per heavy atom. The van der Waals surface area contributed by atoms with Gasteiger partial charge in [-0.15, -0.1) is 0 Å². The molecule has 0 saturated carbocycles. The highest BCUT2D eigenvalue weighted by Gasteiger charge is 2.64. The third kappa shape index (κ3) is 2.40. The molecule has 0 aromatic heterocycles. The van der Waals surface area contributed by atoms with Gasteiger partial charge in [-0.25, -0.2) is 4.39 Å². The second kappa shape index (κ2) is 6.34. The summed E-state index contributed by atoms with van der Waals surface area (Å²) in [5.74, 6) is -2.87. The molecule has 6 nitrogen and oxygen atoms in total. The standard InChI is InChI=1S/C22H18FN3O3/c1-2-25-21(28)16-17(22(25)29)19(20(27)12-7-9-14(23)10-8-12)26-18(16)15-6-4-3-5-13(15)11-24-26/h3-11,16-19H,2H2,1H3/t16-,17-,18-,19+/m1/s1. The molecule has 0 bridgehead atoms. The monoisotopic (exact) mass is 391 g/mol. The largest absolute Gasteiger partial charge is 0.292 e. The molecule has 2 amide bonds. The van der Waals surface area contributed by atoms with Crippen molar-refractivity contribution in [1.29, 1.82) is 0 Å². The Hall–Kier alpha value is -3.35. The van der Waals surface area contributed by atoms with Crippen LogP contribution < -0.4 is 0 Å². The molecule has 2 aromatic carbocycles. The summed E-state index contributed by atoms with van der Waals surface area (Å²) < 4.78 is 13.3. The summed E-state index contributed by atoms with van der Waals surface area (Å²) in [6.07, 6.45) is 1.66. The molecule has 0 N–H and O–H groups in total. The number of amides is 2. The van der Waals surface area contributed by atoms with Crippen molar-refractivity contribution in [3.05, 3.63) is 71.0 Å². The molecule has 2 saturated heterocycles. The van der Waals surface area contributed by atoms with Crippen molar-refractivity contribution < 1.29 is 18.8 Å². The van der Waals surface area contributed by atoms with Gasteiger partial charge in [0.1, 0.15) is 11.9 Å². The second-order valence-corrected chi connectivity index (χ2v) is 7.49. The van der Waals surface area contributed by atoms with Gasteiger partial charge in [0.15, 0.2) is 5.78 Å². The molecule has 3 aliphatic rings. The number of carbonyl (C=O) groups excluding carboxylic acids is 3. The number of fused-ring (bicyclic) bond motifs is 5. The van der Waals surface area contributed by atoms with Crippen LogP contribution in [-0.4, -0.2) is 46.3 Å². The summed E-state index contributed by atoms with van der Waals surface area (Å²) in [7, 11) is 0. The van der Waals surface area contributed by atoms with E-state index in [4.69, 9.17) is 0 Å². The van der Waals surface area contributed by atoms with Crippen LogP contribution in [0.5, 0.6) is 0 Å². The Bertz CT molecular complexity index is 1070. The first kappa shape index (κ1) is 17.7. The molecule has 3 aliphatic heterocycles. The molecule has 29 heavy (non-hydrogen) atoms. The van der Waals surface area contributed by atoms with Gasteiger partial charge in [0, 0.05) is 12.1 Å². The van der Waals surface area contributed by atoms with E-state index in [0.717, 1.165) is 11.1 Å². The fourth-order valence-corrected chi connectivity index (χ4v) is 4.83. The number of Topliss-reactive ketones (excluding diaryl/α,β-unsaturated/α-hetero) is 1. The van der Waals surface area contributed by atoms with E-state index in [-0.39, 0.29) is 24.1 Å². The van der Waals surface area contributed by atoms with E-state index in [0.29, 0.717) is 5.56 Å². The number of rotatable bonds is 3. The lowest BCUT2D eigenvalue weighted by Crippen LogP contribution is -2.44. The summed E-state index contributed by atoms with van der Waals surface area (Å²) in [4.78, 5) is 40.8. The number of hydrogen-bond acceptors (Lipinski definition) is 5. The van der Waals surface area contributed by atoms with Gasteiger partial charge in [-0.3, -0.25) is 24.3 Å². The second-order valence-electron chi connectivity index (χ2n) is 7.49. The molecule has 5 rings (SSSR count). The lowest BCUT2D eigenvalue weighted by molar-refractivity contribution is -0.141. The van der Waals surface area contributed by atoms with Crippen molar-refractivity contribution in [1.82, 2.24) is 9.91 Å². The highest BCUT2D eigenvalue weighted by molar-refractivity contribution is 6.12. The number of ketones is 1. The van der Waals surface area contributed by atoms with Gasteiger partial charge in [-0.05, 0) is 42.3 Å². The smallest absolute Gasteiger partial charge is 0.235 e. The molecule has 0 aliphatic carbocycles. The minimum absolute atomic E-state index is 0.264. The fraction of sp³-hybridized carbons (Fsp3) is 0.273. The molecule has 0 spiro atoms. The maximum atomic E-state index is 13.4. The average molecular weight is 391 g/mol. The van der Waals surface area contributed by atoms with Crippen LogP contribution in [0.2, 0.25) is 0 Å². The minimum atomic E-state index is -0.909. The number of benzene rings is 2. The molecule has 7 heteroatoms. The molecule has 2 aromatic rings. The van der Waals surface area contributed by atoms with Gasteiger partial charge in [0.25, 0.3) is 0 Å². The zero-order chi connectivity index (χ0) is 20.3. The van der Waals surface area contributed by atoms with Gasteiger partial charge >= 0.3 is 0 Å². The molecule has 4 atom stereocenters. The molecule has 2 fully saturated rings. The summed E-state index contributed by atoms with van der Waals surface area (Å²) in [5.41, 5.74) is 2.05. The maximum Gasteiger partial charge on any atom is 0.235 e. The van der Waals surface area contributed by atoms with Gasteiger partial charge in [0.05, 0.1) is 24.1 Å². The van der Waals surface area contributed by atoms with Crippen LogP contribution in [0.3, 0.4) is 0 Å². The van der Waals surface area contributed by atoms with E-state index in [9.17, 15) is 18.8 Å². The van der Waals surface area contributed by atoms with Crippen molar-refractivity contribution in [3.63, 3.8) is 0 Å². The lowest BCUT2D eigenvalue weighted by atomic mass is 9.83. The van der Waals surface area contributed by atoms with Crippen LogP contribution in [0.4, 0.5) is 4.39 Å². The normalized spacial score (nSPS) is 27.1. The number of halogens is 1. The van der Waals surface area contributed by atoms with Crippen molar-refractivity contribution in [2.45, 2.75) is 19.0 Å². The molecular formula is C22H18FN3O3. The minimum Gasteiger partial charge on any atom is -0.292 e. The van der Waals surface area contributed by atoms with Crippen molar-refractivity contribution in [2.24, 2.45) is 16.9 Å². The Kier molecular flexibility index (Phi) is 3.87. The molecular weight excluding hydrogens is 373 g/mol. The zero-order valence-electron chi connectivity index (χ0n) is 15.7. The van der Waals surface area contributed by atoms with E-state index >= 15 is 0 Å². The summed E-state index contributed by atoms with van der Waals surface area (Å²) >= 11 is 0. The average Bonchev–Trinajstić information content (AvgIpc) is 3.21. The maximum absolute atomic E-state index is 13.4. The van der Waals surface area contributed by atoms with E-state index in [1.54, 1.807) is 18.1 Å². The molecule has 0 radical (unpaired) electrons. The van der Waals surface area contributed by atoms with E-state index in [2.05, 4.69) is 5.10 Å². The summed E-state index contributed by atoms with van der Waals surface area (Å²) in [6, 6.07) is 11.4. The zero-order valence-corrected chi connectivity index (χ0v) is 15.7. The van der Waals surface area contributed by atoms with Gasteiger partial charge in [-0.2, -0.15) is 5.10 Å². The van der Waals surface area contributed by atoms with E-state index in [1.807, 2.05) is 24.3 Å². The Morgan fingerprint density at radius 3 is 2.45 bits per heavy atom. The Labute approximate surface area is 166 Å². The van der Waals surface area contributed by atoms with Crippen molar-refractivity contribution >= 4 is 23.8 Å². The van der Waals surface area contributed by atoms with Crippen LogP contribution >= 0.6 is 0 Å². The number of carbonyl (C=O) groups is 3. The summed E-state index contributed by atoms with van der Waals surface area (Å²) in [5, 5.41) is 6.07. The van der Waals surface area contributed by atoms with Crippen LogP contribution in [0.1, 0.15) is 34.5 Å². The Balaban J connectivity index is 1.65. The Morgan fingerprint density at radius 2 is 1.72 bits per heavy atom. The molecule has 3 heterocycles. The third-order valence-corrected chi connectivity index (χ3v) is 6.10. The quantitative estimate of drug-likeness (QED) is 0.595. The van der Waals surface area contributed by atoms with Crippen LogP contribution in [-0.2, 0) is 9.59 Å². The number of imide groups is 1. The topological polar surface area (TPSA) is 70.1 Å². The van der Waals surface area contributed by atoms with E-state index < -0.39 is 29.7 Å². The SMILES string of the molecule is CCN1C(=O)[C@@H]2[C@@H](C1=O)[C@H]1c3ccccc3C=NN1[C@@H]2C(=O)c1ccc(F)cc1. The predicted molar refractivity (Wildman–Crippen MR) is 103 cm³/mol. The van der Waals surface area contributed by atoms with Crippen LogP contribution in [0, 0.1) is 17.7 Å². The highest BCUT2D eigenvalue weighted by atomic mass is 19.1. The number of nitrogens with zero attached hydrogens (tertiary/aromatic N) is 3. The van der Waals surface area contributed by atoms with Crippen LogP contribution in [0.25, 0.3) is 0 Å². The van der Waals surface area contributed by atoms with Crippen molar-refractivity contribution in [3.8, 4) is 0 Å². The highest BCUT2D eigenvalue weighted by Crippen LogP contribution is 2.52. The third-order valence-electron chi connectivity index (χ3n) is 6.10. The first-order valence-electron chi connectivity index (χ1n) is 9.59.